The maximum Gasteiger partial charge on any atom is 0.269 e. The van der Waals surface area contributed by atoms with Crippen LogP contribution in [0.15, 0.2) is 24.3 Å². The van der Waals surface area contributed by atoms with Gasteiger partial charge < -0.3 is 5.32 Å². The molecule has 6 nitrogen and oxygen atoms in total. The summed E-state index contributed by atoms with van der Waals surface area (Å²) in [6.07, 6.45) is 1.24. The molecule has 19 heavy (non-hydrogen) atoms. The quantitative estimate of drug-likeness (QED) is 0.713. The Morgan fingerprint density at radius 1 is 1.05 bits per heavy atom. The van der Waals surface area contributed by atoms with Crippen molar-refractivity contribution in [2.24, 2.45) is 0 Å². The highest BCUT2D eigenvalue weighted by Gasteiger charge is 2.06. The number of carbonyl (C=O) groups excluding carboxylic acids is 3. The molecule has 0 spiro atoms. The average Bonchev–Trinajstić information content (AvgIpc) is 2.37. The number of amides is 3. The summed E-state index contributed by atoms with van der Waals surface area (Å²) in [6.45, 7) is 3.22. The third-order valence-corrected chi connectivity index (χ3v) is 2.26. The Morgan fingerprint density at radius 3 is 2.21 bits per heavy atom. The fourth-order valence-corrected chi connectivity index (χ4v) is 1.37. The van der Waals surface area contributed by atoms with E-state index in [2.05, 4.69) is 16.2 Å². The normalized spacial score (nSPS) is 9.58. The van der Waals surface area contributed by atoms with Crippen LogP contribution in [0.4, 0.5) is 5.69 Å². The van der Waals surface area contributed by atoms with Crippen molar-refractivity contribution >= 4 is 23.4 Å². The Labute approximate surface area is 111 Å². The topological polar surface area (TPSA) is 87.3 Å². The molecule has 1 aromatic carbocycles. The van der Waals surface area contributed by atoms with Gasteiger partial charge in [-0.2, -0.15) is 0 Å². The Bertz CT molecular complexity index is 469. The number of hydrogen-bond donors (Lipinski definition) is 3. The van der Waals surface area contributed by atoms with E-state index in [4.69, 9.17) is 0 Å². The van der Waals surface area contributed by atoms with Crippen molar-refractivity contribution in [3.05, 3.63) is 29.8 Å². The molecule has 0 aliphatic carbocycles. The van der Waals surface area contributed by atoms with Crippen molar-refractivity contribution in [2.45, 2.75) is 26.7 Å². The molecule has 0 aliphatic rings. The van der Waals surface area contributed by atoms with E-state index in [1.54, 1.807) is 24.3 Å². The van der Waals surface area contributed by atoms with Crippen molar-refractivity contribution in [1.82, 2.24) is 10.9 Å². The smallest absolute Gasteiger partial charge is 0.269 e. The third kappa shape index (κ3) is 5.20. The van der Waals surface area contributed by atoms with Gasteiger partial charge in [0.2, 0.25) is 11.8 Å². The summed E-state index contributed by atoms with van der Waals surface area (Å²) in [5.74, 6) is -0.823. The molecule has 0 unspecified atom stereocenters. The number of benzene rings is 1. The number of anilines is 1. The van der Waals surface area contributed by atoms with Gasteiger partial charge in [-0.1, -0.05) is 6.92 Å². The molecule has 3 N–H and O–H groups in total. The fraction of sp³-hybridized carbons (Fsp3) is 0.308. The molecule has 0 aromatic heterocycles. The van der Waals surface area contributed by atoms with Crippen molar-refractivity contribution < 1.29 is 14.4 Å². The van der Waals surface area contributed by atoms with Crippen LogP contribution in [0, 0.1) is 0 Å². The minimum Gasteiger partial charge on any atom is -0.326 e. The molecule has 0 bridgehead atoms. The predicted octanol–water partition coefficient (Wildman–Crippen LogP) is 1.21. The zero-order valence-electron chi connectivity index (χ0n) is 10.9. The van der Waals surface area contributed by atoms with Crippen LogP contribution in [0.25, 0.3) is 0 Å². The van der Waals surface area contributed by atoms with Crippen LogP contribution < -0.4 is 16.2 Å². The van der Waals surface area contributed by atoms with Crippen molar-refractivity contribution in [3.8, 4) is 0 Å². The number of nitrogens with one attached hydrogen (secondary N) is 3. The van der Waals surface area contributed by atoms with Crippen LogP contribution in [0.1, 0.15) is 37.0 Å². The Balaban J connectivity index is 2.58. The highest BCUT2D eigenvalue weighted by molar-refractivity contribution is 5.96. The van der Waals surface area contributed by atoms with Crippen molar-refractivity contribution in [1.29, 1.82) is 0 Å². The molecule has 0 saturated heterocycles. The molecule has 0 saturated carbocycles. The molecule has 0 heterocycles. The molecule has 3 amide bonds. The molecule has 1 rings (SSSR count). The van der Waals surface area contributed by atoms with Gasteiger partial charge in [0.15, 0.2) is 0 Å². The molecule has 0 atom stereocenters. The molecule has 0 aliphatic heterocycles. The van der Waals surface area contributed by atoms with E-state index in [-0.39, 0.29) is 11.8 Å². The van der Waals surface area contributed by atoms with Gasteiger partial charge in [0, 0.05) is 24.6 Å². The molecular formula is C13H17N3O3. The lowest BCUT2D eigenvalue weighted by Crippen LogP contribution is -2.40. The number of rotatable bonds is 4. The second-order valence-corrected chi connectivity index (χ2v) is 4.01. The monoisotopic (exact) mass is 263 g/mol. The first-order valence-electron chi connectivity index (χ1n) is 5.99. The maximum absolute atomic E-state index is 11.6. The summed E-state index contributed by atoms with van der Waals surface area (Å²) in [5, 5.41) is 2.72. The summed E-state index contributed by atoms with van der Waals surface area (Å²) in [7, 11) is 0. The van der Waals surface area contributed by atoms with Crippen LogP contribution in [-0.2, 0) is 9.59 Å². The Kier molecular flexibility index (Phi) is 5.53. The van der Waals surface area contributed by atoms with Gasteiger partial charge in [-0.15, -0.1) is 0 Å². The molecule has 0 radical (unpaired) electrons. The largest absolute Gasteiger partial charge is 0.326 e. The fourth-order valence-electron chi connectivity index (χ4n) is 1.37. The molecule has 102 valence electrons. The number of hydrazine groups is 1. The lowest BCUT2D eigenvalue weighted by atomic mass is 10.2. The van der Waals surface area contributed by atoms with Gasteiger partial charge in [-0.25, -0.2) is 0 Å². The summed E-state index contributed by atoms with van der Waals surface area (Å²) in [5.41, 5.74) is 5.48. The first-order valence-corrected chi connectivity index (χ1v) is 5.99. The second-order valence-electron chi connectivity index (χ2n) is 4.01. The summed E-state index contributed by atoms with van der Waals surface area (Å²) in [6, 6.07) is 6.41. The lowest BCUT2D eigenvalue weighted by Gasteiger charge is -2.07. The van der Waals surface area contributed by atoms with Gasteiger partial charge >= 0.3 is 0 Å². The first kappa shape index (κ1) is 14.7. The SMILES string of the molecule is CCCC(=O)Nc1ccc(C(=O)NNC(C)=O)cc1. The maximum atomic E-state index is 11.6. The van der Waals surface area contributed by atoms with Crippen molar-refractivity contribution in [3.63, 3.8) is 0 Å². The lowest BCUT2D eigenvalue weighted by molar-refractivity contribution is -0.119. The highest BCUT2D eigenvalue weighted by atomic mass is 16.2. The predicted molar refractivity (Wildman–Crippen MR) is 71.3 cm³/mol. The van der Waals surface area contributed by atoms with E-state index in [0.717, 1.165) is 6.42 Å². The Morgan fingerprint density at radius 2 is 1.68 bits per heavy atom. The zero-order chi connectivity index (χ0) is 14.3. The van der Waals surface area contributed by atoms with Crippen LogP contribution in [0.5, 0.6) is 0 Å². The standard InChI is InChI=1S/C13H17N3O3/c1-3-4-12(18)14-11-7-5-10(6-8-11)13(19)16-15-9(2)17/h5-8H,3-4H2,1-2H3,(H,14,18)(H,15,17)(H,16,19). The Hall–Kier alpha value is -2.37. The van der Waals surface area contributed by atoms with E-state index in [1.165, 1.54) is 6.92 Å². The van der Waals surface area contributed by atoms with E-state index in [0.29, 0.717) is 17.7 Å². The summed E-state index contributed by atoms with van der Waals surface area (Å²) in [4.78, 5) is 33.6. The van der Waals surface area contributed by atoms with Crippen LogP contribution >= 0.6 is 0 Å². The molecule has 0 fully saturated rings. The van der Waals surface area contributed by atoms with Gasteiger partial charge in [0.25, 0.3) is 5.91 Å². The number of carbonyl (C=O) groups is 3. The minimum absolute atomic E-state index is 0.0575. The zero-order valence-corrected chi connectivity index (χ0v) is 10.9. The van der Waals surface area contributed by atoms with Crippen LogP contribution in [0.2, 0.25) is 0 Å². The summed E-state index contributed by atoms with van der Waals surface area (Å²) < 4.78 is 0. The van der Waals surface area contributed by atoms with E-state index < -0.39 is 5.91 Å². The third-order valence-electron chi connectivity index (χ3n) is 2.26. The molecule has 1 aromatic rings. The number of hydrogen-bond acceptors (Lipinski definition) is 3. The first-order chi connectivity index (χ1) is 9.02. The van der Waals surface area contributed by atoms with E-state index in [1.807, 2.05) is 6.92 Å². The minimum atomic E-state index is -0.415. The van der Waals surface area contributed by atoms with Gasteiger partial charge in [0.05, 0.1) is 0 Å². The van der Waals surface area contributed by atoms with Gasteiger partial charge in [-0.05, 0) is 30.7 Å². The highest BCUT2D eigenvalue weighted by Crippen LogP contribution is 2.10. The van der Waals surface area contributed by atoms with E-state index in [9.17, 15) is 14.4 Å². The van der Waals surface area contributed by atoms with Crippen LogP contribution in [-0.4, -0.2) is 17.7 Å². The van der Waals surface area contributed by atoms with Gasteiger partial charge in [0.1, 0.15) is 0 Å². The van der Waals surface area contributed by atoms with Crippen LogP contribution in [0.3, 0.4) is 0 Å². The van der Waals surface area contributed by atoms with Crippen molar-refractivity contribution in [2.75, 3.05) is 5.32 Å². The van der Waals surface area contributed by atoms with Gasteiger partial charge in [-0.3, -0.25) is 25.2 Å². The molecular weight excluding hydrogens is 246 g/mol. The molecule has 6 heteroatoms. The second kappa shape index (κ2) is 7.15. The average molecular weight is 263 g/mol. The summed E-state index contributed by atoms with van der Waals surface area (Å²) >= 11 is 0. The van der Waals surface area contributed by atoms with E-state index >= 15 is 0 Å².